The minimum atomic E-state index is -0.170. The molecule has 1 aliphatic heterocycles. The Morgan fingerprint density at radius 2 is 1.61 bits per heavy atom. The summed E-state index contributed by atoms with van der Waals surface area (Å²) in [4.78, 5) is 22.2. The third-order valence-electron chi connectivity index (χ3n) is 2.80. The van der Waals surface area contributed by atoms with E-state index in [1.54, 1.807) is 11.9 Å². The molecule has 0 saturated carbocycles. The molecule has 0 bridgehead atoms. The van der Waals surface area contributed by atoms with Gasteiger partial charge in [-0.15, -0.1) is 0 Å². The first kappa shape index (κ1) is 21.3. The van der Waals surface area contributed by atoms with Gasteiger partial charge in [0, 0.05) is 13.1 Å². The molecule has 1 aliphatic rings. The lowest BCUT2D eigenvalue weighted by Gasteiger charge is -2.21. The zero-order chi connectivity index (χ0) is 17.5. The Labute approximate surface area is 140 Å². The van der Waals surface area contributed by atoms with Gasteiger partial charge in [0.15, 0.2) is 0 Å². The lowest BCUT2D eigenvalue weighted by atomic mass is 10.1. The Bertz CT molecular complexity index is 401. The van der Waals surface area contributed by atoms with Crippen molar-refractivity contribution in [2.45, 2.75) is 26.8 Å². The van der Waals surface area contributed by atoms with Crippen LogP contribution in [0.3, 0.4) is 0 Å². The molecular formula is C18H30N2O3. The first-order valence-electron chi connectivity index (χ1n) is 7.99. The molecule has 0 aromatic heterocycles. The normalized spacial score (nSPS) is 14.7. The smallest absolute Gasteiger partial charge is 0.209 e. The van der Waals surface area contributed by atoms with Crippen molar-refractivity contribution < 1.29 is 14.3 Å². The Morgan fingerprint density at radius 3 is 1.96 bits per heavy atom. The molecule has 1 atom stereocenters. The van der Waals surface area contributed by atoms with E-state index in [-0.39, 0.29) is 6.04 Å². The predicted molar refractivity (Wildman–Crippen MR) is 93.3 cm³/mol. The summed E-state index contributed by atoms with van der Waals surface area (Å²) in [5.74, 6) is 0.833. The topological polar surface area (TPSA) is 58.6 Å². The van der Waals surface area contributed by atoms with E-state index < -0.39 is 0 Å². The maximum Gasteiger partial charge on any atom is 0.209 e. The van der Waals surface area contributed by atoms with E-state index in [0.717, 1.165) is 37.3 Å². The number of nitrogens with zero attached hydrogens (tertiary/aromatic N) is 1. The monoisotopic (exact) mass is 322 g/mol. The van der Waals surface area contributed by atoms with Crippen LogP contribution in [-0.4, -0.2) is 50.9 Å². The predicted octanol–water partition coefficient (Wildman–Crippen LogP) is 2.28. The van der Waals surface area contributed by atoms with Gasteiger partial charge in [0.1, 0.15) is 6.29 Å². The molecule has 23 heavy (non-hydrogen) atoms. The standard InChI is InChI=1S/C9H11NO.C5H9NO2.C4H10/c1-10-9(7-11)8-5-3-2-4-6-8;7-5-6-1-3-8-4-2-6;1-4(2)3/h2-7,9-10H,1H3;5H,1-4H2;4H,1-3H3. The molecule has 1 amide bonds. The minimum Gasteiger partial charge on any atom is -0.378 e. The molecule has 0 radical (unpaired) electrons. The number of amides is 1. The number of hydrogen-bond acceptors (Lipinski definition) is 4. The molecule has 1 unspecified atom stereocenters. The third kappa shape index (κ3) is 11.5. The second-order valence-electron chi connectivity index (χ2n) is 5.80. The van der Waals surface area contributed by atoms with E-state index >= 15 is 0 Å². The van der Waals surface area contributed by atoms with Gasteiger partial charge in [-0.05, 0) is 18.5 Å². The molecule has 0 aliphatic carbocycles. The summed E-state index contributed by atoms with van der Waals surface area (Å²) in [6, 6.07) is 9.45. The van der Waals surface area contributed by atoms with Crippen LogP contribution in [0.1, 0.15) is 32.4 Å². The van der Waals surface area contributed by atoms with Crippen LogP contribution in [-0.2, 0) is 14.3 Å². The summed E-state index contributed by atoms with van der Waals surface area (Å²) < 4.78 is 5.00. The molecule has 5 nitrogen and oxygen atoms in total. The lowest BCUT2D eigenvalue weighted by molar-refractivity contribution is -0.121. The lowest BCUT2D eigenvalue weighted by Crippen LogP contribution is -2.34. The summed E-state index contributed by atoms with van der Waals surface area (Å²) >= 11 is 0. The van der Waals surface area contributed by atoms with Crippen molar-refractivity contribution in [3.63, 3.8) is 0 Å². The Hall–Kier alpha value is -1.72. The van der Waals surface area contributed by atoms with Crippen LogP contribution in [0.25, 0.3) is 0 Å². The van der Waals surface area contributed by atoms with Crippen molar-refractivity contribution in [1.82, 2.24) is 10.2 Å². The fraction of sp³-hybridized carbons (Fsp3) is 0.556. The summed E-state index contributed by atoms with van der Waals surface area (Å²) in [5, 5.41) is 2.90. The number of hydrogen-bond donors (Lipinski definition) is 1. The zero-order valence-electron chi connectivity index (χ0n) is 14.7. The minimum absolute atomic E-state index is 0.170. The van der Waals surface area contributed by atoms with E-state index in [9.17, 15) is 9.59 Å². The van der Waals surface area contributed by atoms with Gasteiger partial charge in [-0.3, -0.25) is 4.79 Å². The molecule has 5 heteroatoms. The van der Waals surface area contributed by atoms with Crippen LogP contribution in [0.5, 0.6) is 0 Å². The summed E-state index contributed by atoms with van der Waals surface area (Å²) in [7, 11) is 1.77. The number of likely N-dealkylation sites (N-methyl/N-ethyl adjacent to an activating group) is 1. The van der Waals surface area contributed by atoms with Crippen LogP contribution < -0.4 is 5.32 Å². The van der Waals surface area contributed by atoms with E-state index in [4.69, 9.17) is 4.74 Å². The van der Waals surface area contributed by atoms with Crippen LogP contribution in [0.2, 0.25) is 0 Å². The van der Waals surface area contributed by atoms with Crippen molar-refractivity contribution in [1.29, 1.82) is 0 Å². The van der Waals surface area contributed by atoms with E-state index in [1.807, 2.05) is 30.3 Å². The molecule has 1 heterocycles. The van der Waals surface area contributed by atoms with Gasteiger partial charge < -0.3 is 19.7 Å². The average Bonchev–Trinajstić information content (AvgIpc) is 2.58. The van der Waals surface area contributed by atoms with Gasteiger partial charge in [-0.2, -0.15) is 0 Å². The molecule has 1 fully saturated rings. The SMILES string of the molecule is CC(C)C.CNC(C=O)c1ccccc1.O=CN1CCOCC1. The Kier molecular flexibility index (Phi) is 12.9. The van der Waals surface area contributed by atoms with Crippen molar-refractivity contribution in [3.05, 3.63) is 35.9 Å². The molecule has 0 spiro atoms. The van der Waals surface area contributed by atoms with Gasteiger partial charge in [-0.25, -0.2) is 0 Å². The maximum atomic E-state index is 10.5. The number of ether oxygens (including phenoxy) is 1. The molecule has 2 rings (SSSR count). The zero-order valence-corrected chi connectivity index (χ0v) is 14.7. The van der Waals surface area contributed by atoms with Crippen molar-refractivity contribution in [3.8, 4) is 0 Å². The number of nitrogens with one attached hydrogen (secondary N) is 1. The highest BCUT2D eigenvalue weighted by molar-refractivity contribution is 5.61. The van der Waals surface area contributed by atoms with Gasteiger partial charge in [0.2, 0.25) is 6.41 Å². The summed E-state index contributed by atoms with van der Waals surface area (Å²) in [5.41, 5.74) is 1.00. The van der Waals surface area contributed by atoms with Gasteiger partial charge in [-0.1, -0.05) is 51.1 Å². The summed E-state index contributed by atoms with van der Waals surface area (Å²) in [6.45, 7) is 9.39. The van der Waals surface area contributed by atoms with Crippen LogP contribution >= 0.6 is 0 Å². The van der Waals surface area contributed by atoms with Crippen LogP contribution in [0, 0.1) is 5.92 Å². The highest BCUT2D eigenvalue weighted by atomic mass is 16.5. The molecular weight excluding hydrogens is 292 g/mol. The molecule has 1 N–H and O–H groups in total. The number of benzene rings is 1. The number of aldehydes is 1. The van der Waals surface area contributed by atoms with Crippen molar-refractivity contribution in [2.75, 3.05) is 33.4 Å². The first-order chi connectivity index (χ1) is 11.0. The first-order valence-corrected chi connectivity index (χ1v) is 7.99. The molecule has 1 aromatic rings. The van der Waals surface area contributed by atoms with Crippen LogP contribution in [0.15, 0.2) is 30.3 Å². The number of carbonyl (C=O) groups excluding carboxylic acids is 2. The fourth-order valence-corrected chi connectivity index (χ4v) is 1.66. The second kappa shape index (κ2) is 13.9. The number of rotatable bonds is 4. The highest BCUT2D eigenvalue weighted by Crippen LogP contribution is 2.07. The largest absolute Gasteiger partial charge is 0.378 e. The van der Waals surface area contributed by atoms with E-state index in [1.165, 1.54) is 0 Å². The number of carbonyl (C=O) groups is 2. The summed E-state index contributed by atoms with van der Waals surface area (Å²) in [6.07, 6.45) is 1.76. The highest BCUT2D eigenvalue weighted by Gasteiger charge is 2.05. The van der Waals surface area contributed by atoms with E-state index in [0.29, 0.717) is 13.2 Å². The molecule has 130 valence electrons. The number of morpholine rings is 1. The third-order valence-corrected chi connectivity index (χ3v) is 2.80. The molecule has 1 saturated heterocycles. The average molecular weight is 322 g/mol. The quantitative estimate of drug-likeness (QED) is 0.864. The maximum absolute atomic E-state index is 10.5. The second-order valence-corrected chi connectivity index (χ2v) is 5.80. The van der Waals surface area contributed by atoms with Gasteiger partial charge in [0.25, 0.3) is 0 Å². The van der Waals surface area contributed by atoms with Crippen molar-refractivity contribution in [2.24, 2.45) is 5.92 Å². The van der Waals surface area contributed by atoms with E-state index in [2.05, 4.69) is 26.1 Å². The Morgan fingerprint density at radius 1 is 1.09 bits per heavy atom. The van der Waals surface area contributed by atoms with Crippen molar-refractivity contribution >= 4 is 12.7 Å². The Balaban J connectivity index is 0.000000354. The van der Waals surface area contributed by atoms with Gasteiger partial charge >= 0.3 is 0 Å². The van der Waals surface area contributed by atoms with Gasteiger partial charge in [0.05, 0.1) is 19.3 Å². The molecule has 1 aromatic carbocycles. The van der Waals surface area contributed by atoms with Crippen LogP contribution in [0.4, 0.5) is 0 Å². The fourth-order valence-electron chi connectivity index (χ4n) is 1.66.